The number of hydrogen-bond acceptors (Lipinski definition) is 6. The van der Waals surface area contributed by atoms with Crippen molar-refractivity contribution in [1.29, 1.82) is 0 Å². The van der Waals surface area contributed by atoms with Crippen molar-refractivity contribution in [2.75, 3.05) is 41.0 Å². The monoisotopic (exact) mass is 442 g/mol. The first-order valence-electron chi connectivity index (χ1n) is 10.9. The Morgan fingerprint density at radius 2 is 1.62 bits per heavy atom. The molecule has 0 aromatic heterocycles. The largest absolute Gasteiger partial charge is 0.497 e. The molecule has 1 N–H and O–H groups in total. The molecule has 0 saturated carbocycles. The fourth-order valence-corrected chi connectivity index (χ4v) is 3.65. The van der Waals surface area contributed by atoms with E-state index in [9.17, 15) is 9.59 Å². The predicted molar refractivity (Wildman–Crippen MR) is 125 cm³/mol. The molecule has 0 aliphatic rings. The van der Waals surface area contributed by atoms with E-state index in [0.717, 1.165) is 24.4 Å². The summed E-state index contributed by atoms with van der Waals surface area (Å²) in [4.78, 5) is 27.3. The number of nitrogens with zero attached hydrogens (tertiary/aromatic N) is 1. The van der Waals surface area contributed by atoms with Gasteiger partial charge < -0.3 is 19.5 Å². The fourth-order valence-electron chi connectivity index (χ4n) is 3.65. The maximum absolute atomic E-state index is 12.5. The molecule has 7 nitrogen and oxygen atoms in total. The van der Waals surface area contributed by atoms with E-state index in [-0.39, 0.29) is 30.6 Å². The smallest absolute Gasteiger partial charge is 0.220 e. The van der Waals surface area contributed by atoms with Crippen LogP contribution in [-0.4, -0.2) is 57.6 Å². The molecule has 2 rings (SSSR count). The molecule has 0 unspecified atom stereocenters. The van der Waals surface area contributed by atoms with Gasteiger partial charge in [-0.3, -0.25) is 14.5 Å². The highest BCUT2D eigenvalue weighted by atomic mass is 16.5. The first-order valence-corrected chi connectivity index (χ1v) is 10.9. The summed E-state index contributed by atoms with van der Waals surface area (Å²) in [7, 11) is 4.71. The number of ether oxygens (including phenoxy) is 3. The highest BCUT2D eigenvalue weighted by Gasteiger charge is 2.20. The Bertz CT molecular complexity index is 896. The fraction of sp³-hybridized carbons (Fsp3) is 0.440. The van der Waals surface area contributed by atoms with Crippen LogP contribution in [0.1, 0.15) is 48.7 Å². The number of Topliss-reactive ketones (excluding diaryl/α,β-unsaturated/α-hetero) is 1. The molecule has 1 atom stereocenters. The molecule has 2 aromatic rings. The second-order valence-electron chi connectivity index (χ2n) is 7.31. The van der Waals surface area contributed by atoms with Gasteiger partial charge in [-0.05, 0) is 49.0 Å². The van der Waals surface area contributed by atoms with Crippen LogP contribution in [0.2, 0.25) is 0 Å². The van der Waals surface area contributed by atoms with Crippen LogP contribution in [-0.2, 0) is 4.79 Å². The summed E-state index contributed by atoms with van der Waals surface area (Å²) < 4.78 is 15.8. The lowest BCUT2D eigenvalue weighted by molar-refractivity contribution is -0.121. The standard InChI is InChI=1S/C25H34N2O5/c1-6-27(7-2)21(18-9-8-10-20(15-18)30-3)17-26-25(29)14-12-22(28)19-11-13-23(31-4)24(16-19)32-5/h8-11,13,15-16,21H,6-7,12,14,17H2,1-5H3,(H,26,29)/t21-/m1/s1. The Hall–Kier alpha value is -3.06. The minimum atomic E-state index is -0.154. The summed E-state index contributed by atoms with van der Waals surface area (Å²) in [5, 5.41) is 3.00. The van der Waals surface area contributed by atoms with Gasteiger partial charge >= 0.3 is 0 Å². The third-order valence-corrected chi connectivity index (χ3v) is 5.51. The van der Waals surface area contributed by atoms with Crippen molar-refractivity contribution in [2.24, 2.45) is 0 Å². The number of rotatable bonds is 13. The summed E-state index contributed by atoms with van der Waals surface area (Å²) in [5.41, 5.74) is 1.57. The Balaban J connectivity index is 1.98. The van der Waals surface area contributed by atoms with Gasteiger partial charge in [0.1, 0.15) is 5.75 Å². The maximum Gasteiger partial charge on any atom is 0.220 e. The normalized spacial score (nSPS) is 11.7. The molecule has 0 aliphatic carbocycles. The van der Waals surface area contributed by atoms with Crippen LogP contribution in [0, 0.1) is 0 Å². The Morgan fingerprint density at radius 1 is 0.906 bits per heavy atom. The number of carbonyl (C=O) groups is 2. The first kappa shape index (κ1) is 25.2. The molecule has 1 amide bonds. The molecule has 0 fully saturated rings. The van der Waals surface area contributed by atoms with Crippen molar-refractivity contribution in [2.45, 2.75) is 32.7 Å². The zero-order valence-electron chi connectivity index (χ0n) is 19.6. The van der Waals surface area contributed by atoms with E-state index >= 15 is 0 Å². The van der Waals surface area contributed by atoms with Crippen molar-refractivity contribution < 1.29 is 23.8 Å². The molecule has 0 radical (unpaired) electrons. The van der Waals surface area contributed by atoms with E-state index in [2.05, 4.69) is 24.1 Å². The Labute approximate surface area is 190 Å². The van der Waals surface area contributed by atoms with Gasteiger partial charge in [-0.25, -0.2) is 0 Å². The van der Waals surface area contributed by atoms with Gasteiger partial charge in [0.2, 0.25) is 5.91 Å². The van der Waals surface area contributed by atoms with Gasteiger partial charge in [-0.1, -0.05) is 26.0 Å². The number of carbonyl (C=O) groups excluding carboxylic acids is 2. The number of nitrogens with one attached hydrogen (secondary N) is 1. The molecule has 0 aliphatic heterocycles. The van der Waals surface area contributed by atoms with Crippen LogP contribution in [0.3, 0.4) is 0 Å². The summed E-state index contributed by atoms with van der Waals surface area (Å²) in [5.74, 6) is 1.56. The number of hydrogen-bond donors (Lipinski definition) is 1. The van der Waals surface area contributed by atoms with Gasteiger partial charge in [0, 0.05) is 24.9 Å². The van der Waals surface area contributed by atoms with Crippen molar-refractivity contribution in [3.63, 3.8) is 0 Å². The third-order valence-electron chi connectivity index (χ3n) is 5.51. The lowest BCUT2D eigenvalue weighted by Crippen LogP contribution is -2.38. The lowest BCUT2D eigenvalue weighted by atomic mass is 10.0. The second-order valence-corrected chi connectivity index (χ2v) is 7.31. The number of methoxy groups -OCH3 is 3. The van der Waals surface area contributed by atoms with Crippen molar-refractivity contribution in [3.8, 4) is 17.2 Å². The SMILES string of the molecule is CCN(CC)[C@H](CNC(=O)CCC(=O)c1ccc(OC)c(OC)c1)c1cccc(OC)c1. The average Bonchev–Trinajstić information content (AvgIpc) is 2.84. The van der Waals surface area contributed by atoms with Crippen molar-refractivity contribution >= 4 is 11.7 Å². The van der Waals surface area contributed by atoms with Gasteiger partial charge in [0.25, 0.3) is 0 Å². The van der Waals surface area contributed by atoms with Crippen molar-refractivity contribution in [3.05, 3.63) is 53.6 Å². The lowest BCUT2D eigenvalue weighted by Gasteiger charge is -2.30. The maximum atomic E-state index is 12.5. The first-order chi connectivity index (χ1) is 15.5. The molecule has 0 heterocycles. The van der Waals surface area contributed by atoms with E-state index in [1.807, 2.05) is 24.3 Å². The minimum absolute atomic E-state index is 0.0191. The van der Waals surface area contributed by atoms with Crippen molar-refractivity contribution in [1.82, 2.24) is 10.2 Å². The van der Waals surface area contributed by atoms with Gasteiger partial charge in [-0.15, -0.1) is 0 Å². The van der Waals surface area contributed by atoms with Gasteiger partial charge in [-0.2, -0.15) is 0 Å². The minimum Gasteiger partial charge on any atom is -0.497 e. The zero-order valence-corrected chi connectivity index (χ0v) is 19.6. The average molecular weight is 443 g/mol. The summed E-state index contributed by atoms with van der Waals surface area (Å²) >= 11 is 0. The van der Waals surface area contributed by atoms with Crippen LogP contribution in [0.15, 0.2) is 42.5 Å². The Morgan fingerprint density at radius 3 is 2.25 bits per heavy atom. The topological polar surface area (TPSA) is 77.1 Å². The van der Waals surface area contributed by atoms with Gasteiger partial charge in [0.15, 0.2) is 17.3 Å². The molecule has 0 bridgehead atoms. The van der Waals surface area contributed by atoms with E-state index in [1.165, 1.54) is 7.11 Å². The number of benzene rings is 2. The molecule has 32 heavy (non-hydrogen) atoms. The predicted octanol–water partition coefficient (Wildman–Crippen LogP) is 3.87. The third kappa shape index (κ3) is 6.72. The molecule has 174 valence electrons. The second kappa shape index (κ2) is 12.7. The summed E-state index contributed by atoms with van der Waals surface area (Å²) in [6, 6.07) is 12.9. The zero-order chi connectivity index (χ0) is 23.5. The Kier molecular flexibility index (Phi) is 10.0. The van der Waals surface area contributed by atoms with Gasteiger partial charge in [0.05, 0.1) is 27.4 Å². The highest BCUT2D eigenvalue weighted by molar-refractivity contribution is 5.98. The molecule has 2 aromatic carbocycles. The molecule has 0 spiro atoms. The summed E-state index contributed by atoms with van der Waals surface area (Å²) in [6.45, 7) is 6.36. The van der Waals surface area contributed by atoms with Crippen LogP contribution >= 0.6 is 0 Å². The van der Waals surface area contributed by atoms with E-state index in [0.29, 0.717) is 23.6 Å². The van der Waals surface area contributed by atoms with E-state index in [4.69, 9.17) is 14.2 Å². The number of amides is 1. The highest BCUT2D eigenvalue weighted by Crippen LogP contribution is 2.28. The number of ketones is 1. The van der Waals surface area contributed by atoms with E-state index in [1.54, 1.807) is 32.4 Å². The summed E-state index contributed by atoms with van der Waals surface area (Å²) in [6.07, 6.45) is 0.243. The molecular weight excluding hydrogens is 408 g/mol. The molecule has 0 saturated heterocycles. The van der Waals surface area contributed by atoms with Crippen LogP contribution in [0.25, 0.3) is 0 Å². The molecule has 7 heteroatoms. The van der Waals surface area contributed by atoms with Crippen LogP contribution in [0.4, 0.5) is 0 Å². The quantitative estimate of drug-likeness (QED) is 0.475. The van der Waals surface area contributed by atoms with Crippen LogP contribution < -0.4 is 19.5 Å². The molecular formula is C25H34N2O5. The number of likely N-dealkylation sites (N-methyl/N-ethyl adjacent to an activating group) is 1. The van der Waals surface area contributed by atoms with Crippen LogP contribution in [0.5, 0.6) is 17.2 Å². The van der Waals surface area contributed by atoms with E-state index < -0.39 is 0 Å².